The molecule has 1 saturated heterocycles. The summed E-state index contributed by atoms with van der Waals surface area (Å²) in [6.45, 7) is 2.17. The first-order valence-corrected chi connectivity index (χ1v) is 6.35. The van der Waals surface area contributed by atoms with Crippen molar-refractivity contribution in [2.45, 2.75) is 12.8 Å². The average molecular weight is 270 g/mol. The van der Waals surface area contributed by atoms with Crippen LogP contribution >= 0.6 is 11.6 Å². The van der Waals surface area contributed by atoms with Gasteiger partial charge >= 0.3 is 0 Å². The Morgan fingerprint density at radius 1 is 1.56 bits per heavy atom. The normalized spacial score (nSPS) is 18.8. The van der Waals surface area contributed by atoms with Crippen LogP contribution in [0.25, 0.3) is 0 Å². The largest absolute Gasteiger partial charge is 0.506 e. The second-order valence-electron chi connectivity index (χ2n) is 4.50. The van der Waals surface area contributed by atoms with E-state index in [0.717, 1.165) is 25.2 Å². The molecule has 1 aliphatic rings. The van der Waals surface area contributed by atoms with Gasteiger partial charge in [-0.15, -0.1) is 0 Å². The van der Waals surface area contributed by atoms with Crippen molar-refractivity contribution in [1.29, 1.82) is 0 Å². The summed E-state index contributed by atoms with van der Waals surface area (Å²) < 4.78 is 5.24. The van der Waals surface area contributed by atoms with E-state index >= 15 is 0 Å². The van der Waals surface area contributed by atoms with E-state index in [1.54, 1.807) is 12.1 Å². The predicted octanol–water partition coefficient (Wildman–Crippen LogP) is 1.74. The third-order valence-electron chi connectivity index (χ3n) is 2.99. The number of carbonyl (C=O) groups is 1. The van der Waals surface area contributed by atoms with E-state index in [4.69, 9.17) is 16.3 Å². The molecule has 1 amide bonds. The highest BCUT2D eigenvalue weighted by Crippen LogP contribution is 2.23. The van der Waals surface area contributed by atoms with Crippen LogP contribution in [0.15, 0.2) is 18.2 Å². The third-order valence-corrected chi connectivity index (χ3v) is 3.29. The van der Waals surface area contributed by atoms with Gasteiger partial charge in [-0.2, -0.15) is 0 Å². The third kappa shape index (κ3) is 3.62. The molecule has 18 heavy (non-hydrogen) atoms. The average Bonchev–Trinajstić information content (AvgIpc) is 2.84. The van der Waals surface area contributed by atoms with Crippen LogP contribution in [0.2, 0.25) is 5.02 Å². The molecule has 0 aliphatic carbocycles. The molecular formula is C13H16ClNO3. The Hall–Kier alpha value is -1.26. The minimum atomic E-state index is -0.0383. The van der Waals surface area contributed by atoms with Crippen LogP contribution in [0.3, 0.4) is 0 Å². The maximum Gasteiger partial charge on any atom is 0.224 e. The molecule has 5 heteroatoms. The summed E-state index contributed by atoms with van der Waals surface area (Å²) in [7, 11) is 0. The number of phenolic OH excluding ortho intramolecular Hbond substituents is 1. The van der Waals surface area contributed by atoms with Crippen LogP contribution in [0.1, 0.15) is 12.0 Å². The van der Waals surface area contributed by atoms with E-state index in [0.29, 0.717) is 12.5 Å². The van der Waals surface area contributed by atoms with Gasteiger partial charge in [0.1, 0.15) is 5.75 Å². The van der Waals surface area contributed by atoms with Gasteiger partial charge in [0, 0.05) is 19.1 Å². The highest BCUT2D eigenvalue weighted by molar-refractivity contribution is 6.32. The summed E-state index contributed by atoms with van der Waals surface area (Å²) in [6, 6.07) is 4.80. The van der Waals surface area contributed by atoms with Crippen LogP contribution < -0.4 is 5.32 Å². The van der Waals surface area contributed by atoms with Gasteiger partial charge in [-0.25, -0.2) is 0 Å². The molecule has 0 unspecified atom stereocenters. The SMILES string of the molecule is O=C(Cc1ccc(O)c(Cl)c1)NC[C@H]1CCOC1. The highest BCUT2D eigenvalue weighted by atomic mass is 35.5. The summed E-state index contributed by atoms with van der Waals surface area (Å²) in [5, 5.41) is 12.4. The number of phenols is 1. The first-order valence-electron chi connectivity index (χ1n) is 5.97. The lowest BCUT2D eigenvalue weighted by atomic mass is 10.1. The minimum Gasteiger partial charge on any atom is -0.506 e. The number of hydrogen-bond acceptors (Lipinski definition) is 3. The molecule has 1 aromatic carbocycles. The number of nitrogens with one attached hydrogen (secondary N) is 1. The van der Waals surface area contributed by atoms with Crippen molar-refractivity contribution in [1.82, 2.24) is 5.32 Å². The van der Waals surface area contributed by atoms with Gasteiger partial charge in [0.2, 0.25) is 5.91 Å². The number of hydrogen-bond donors (Lipinski definition) is 2. The monoisotopic (exact) mass is 269 g/mol. The zero-order chi connectivity index (χ0) is 13.0. The molecule has 2 rings (SSSR count). The van der Waals surface area contributed by atoms with Crippen LogP contribution in [0, 0.1) is 5.92 Å². The zero-order valence-electron chi connectivity index (χ0n) is 9.99. The number of ether oxygens (including phenoxy) is 1. The fraction of sp³-hybridized carbons (Fsp3) is 0.462. The van der Waals surface area contributed by atoms with Crippen molar-refractivity contribution < 1.29 is 14.6 Å². The van der Waals surface area contributed by atoms with Gasteiger partial charge in [0.25, 0.3) is 0 Å². The van der Waals surface area contributed by atoms with Gasteiger partial charge < -0.3 is 15.2 Å². The van der Waals surface area contributed by atoms with E-state index in [-0.39, 0.29) is 23.1 Å². The Morgan fingerprint density at radius 2 is 2.39 bits per heavy atom. The van der Waals surface area contributed by atoms with E-state index < -0.39 is 0 Å². The fourth-order valence-electron chi connectivity index (χ4n) is 1.91. The first kappa shape index (κ1) is 13.2. The first-order chi connectivity index (χ1) is 8.65. The van der Waals surface area contributed by atoms with Gasteiger partial charge in [0.15, 0.2) is 0 Å². The number of benzene rings is 1. The molecule has 1 aromatic rings. The standard InChI is InChI=1S/C13H16ClNO3/c14-11-5-9(1-2-12(11)16)6-13(17)15-7-10-3-4-18-8-10/h1-2,5,10,16H,3-4,6-8H2,(H,15,17)/t10-/m1/s1. The Balaban J connectivity index is 1.80. The van der Waals surface area contributed by atoms with Crippen molar-refractivity contribution in [3.05, 3.63) is 28.8 Å². The van der Waals surface area contributed by atoms with E-state index in [1.807, 2.05) is 0 Å². The Bertz CT molecular complexity index is 430. The molecule has 98 valence electrons. The van der Waals surface area contributed by atoms with Crippen molar-refractivity contribution in [2.75, 3.05) is 19.8 Å². The number of halogens is 1. The second-order valence-corrected chi connectivity index (χ2v) is 4.90. The zero-order valence-corrected chi connectivity index (χ0v) is 10.7. The van der Waals surface area contributed by atoms with Gasteiger partial charge in [0.05, 0.1) is 18.1 Å². The Kier molecular flexibility index (Phi) is 4.44. The quantitative estimate of drug-likeness (QED) is 0.875. The fourth-order valence-corrected chi connectivity index (χ4v) is 2.11. The van der Waals surface area contributed by atoms with Crippen molar-refractivity contribution in [2.24, 2.45) is 5.92 Å². The van der Waals surface area contributed by atoms with Crippen molar-refractivity contribution in [3.8, 4) is 5.75 Å². The molecule has 0 radical (unpaired) electrons. The van der Waals surface area contributed by atoms with Crippen LogP contribution in [-0.4, -0.2) is 30.8 Å². The molecule has 0 bridgehead atoms. The number of amides is 1. The maximum atomic E-state index is 11.7. The number of aromatic hydroxyl groups is 1. The molecule has 0 saturated carbocycles. The molecule has 1 atom stereocenters. The smallest absolute Gasteiger partial charge is 0.224 e. The number of carbonyl (C=O) groups excluding carboxylic acids is 1. The summed E-state index contributed by atoms with van der Waals surface area (Å²) in [6.07, 6.45) is 1.28. The molecule has 1 heterocycles. The van der Waals surface area contributed by atoms with Crippen molar-refractivity contribution >= 4 is 17.5 Å². The van der Waals surface area contributed by atoms with E-state index in [1.165, 1.54) is 6.07 Å². The lowest BCUT2D eigenvalue weighted by Gasteiger charge is -2.09. The molecule has 1 aliphatic heterocycles. The maximum absolute atomic E-state index is 11.7. The van der Waals surface area contributed by atoms with Gasteiger partial charge in [-0.05, 0) is 24.1 Å². The lowest BCUT2D eigenvalue weighted by molar-refractivity contribution is -0.120. The molecule has 1 fully saturated rings. The minimum absolute atomic E-state index is 0.0314. The molecule has 0 spiro atoms. The topological polar surface area (TPSA) is 58.6 Å². The highest BCUT2D eigenvalue weighted by Gasteiger charge is 2.16. The predicted molar refractivity (Wildman–Crippen MR) is 68.8 cm³/mol. The Morgan fingerprint density at radius 3 is 3.06 bits per heavy atom. The van der Waals surface area contributed by atoms with Crippen LogP contribution in [-0.2, 0) is 16.0 Å². The number of rotatable bonds is 4. The molecule has 2 N–H and O–H groups in total. The Labute approximate surface area is 111 Å². The van der Waals surface area contributed by atoms with E-state index in [9.17, 15) is 9.90 Å². The molecular weight excluding hydrogens is 254 g/mol. The van der Waals surface area contributed by atoms with Gasteiger partial charge in [-0.3, -0.25) is 4.79 Å². The summed E-state index contributed by atoms with van der Waals surface area (Å²) in [5.41, 5.74) is 0.790. The van der Waals surface area contributed by atoms with Crippen LogP contribution in [0.4, 0.5) is 0 Å². The second kappa shape index (κ2) is 6.07. The molecule has 0 aromatic heterocycles. The summed E-state index contributed by atoms with van der Waals surface area (Å²) in [5.74, 6) is 0.421. The van der Waals surface area contributed by atoms with Crippen molar-refractivity contribution in [3.63, 3.8) is 0 Å². The lowest BCUT2D eigenvalue weighted by Crippen LogP contribution is -2.30. The van der Waals surface area contributed by atoms with E-state index in [2.05, 4.69) is 5.32 Å². The summed E-state index contributed by atoms with van der Waals surface area (Å²) in [4.78, 5) is 11.7. The molecule has 4 nitrogen and oxygen atoms in total. The summed E-state index contributed by atoms with van der Waals surface area (Å²) >= 11 is 5.78. The van der Waals surface area contributed by atoms with Crippen LogP contribution in [0.5, 0.6) is 5.75 Å². The van der Waals surface area contributed by atoms with Gasteiger partial charge in [-0.1, -0.05) is 17.7 Å².